The first-order valence-corrected chi connectivity index (χ1v) is 7.13. The van der Waals surface area contributed by atoms with Gasteiger partial charge in [0, 0.05) is 11.1 Å². The summed E-state index contributed by atoms with van der Waals surface area (Å²) in [6, 6.07) is 6.63. The first kappa shape index (κ1) is 15.0. The van der Waals surface area contributed by atoms with E-state index in [1.165, 1.54) is 6.07 Å². The van der Waals surface area contributed by atoms with Crippen molar-refractivity contribution in [1.82, 2.24) is 10.6 Å². The lowest BCUT2D eigenvalue weighted by Gasteiger charge is -2.39. The molecule has 1 aliphatic rings. The molecule has 1 aromatic rings. The van der Waals surface area contributed by atoms with Crippen molar-refractivity contribution in [3.8, 4) is 0 Å². The van der Waals surface area contributed by atoms with Crippen LogP contribution in [0.15, 0.2) is 24.3 Å². The van der Waals surface area contributed by atoms with Gasteiger partial charge in [-0.05, 0) is 52.8 Å². The van der Waals surface area contributed by atoms with Crippen LogP contribution in [0, 0.1) is 5.82 Å². The van der Waals surface area contributed by atoms with Gasteiger partial charge in [0.2, 0.25) is 5.91 Å². The summed E-state index contributed by atoms with van der Waals surface area (Å²) in [6.45, 7) is 7.29. The van der Waals surface area contributed by atoms with Gasteiger partial charge in [-0.1, -0.05) is 18.2 Å². The molecule has 0 spiro atoms. The van der Waals surface area contributed by atoms with Gasteiger partial charge in [-0.2, -0.15) is 0 Å². The zero-order valence-corrected chi connectivity index (χ0v) is 12.4. The lowest BCUT2D eigenvalue weighted by Crippen LogP contribution is -2.55. The quantitative estimate of drug-likeness (QED) is 0.872. The van der Waals surface area contributed by atoms with Gasteiger partial charge in [0.15, 0.2) is 0 Å². The molecule has 1 amide bonds. The average Bonchev–Trinajstić information content (AvgIpc) is 2.38. The topological polar surface area (TPSA) is 41.1 Å². The number of hydrogen-bond acceptors (Lipinski definition) is 2. The number of rotatable bonds is 2. The molecule has 0 bridgehead atoms. The Hall–Kier alpha value is -1.42. The first-order valence-electron chi connectivity index (χ1n) is 7.13. The van der Waals surface area contributed by atoms with Crippen LogP contribution in [-0.2, 0) is 10.2 Å². The third-order valence-corrected chi connectivity index (χ3v) is 3.77. The minimum absolute atomic E-state index is 0.0726. The van der Waals surface area contributed by atoms with Crippen molar-refractivity contribution in [2.75, 3.05) is 13.1 Å². The first-order chi connectivity index (χ1) is 9.35. The molecule has 1 saturated heterocycles. The fraction of sp³-hybridized carbons (Fsp3) is 0.562. The van der Waals surface area contributed by atoms with Crippen molar-refractivity contribution < 1.29 is 9.18 Å². The highest BCUT2D eigenvalue weighted by molar-refractivity contribution is 5.89. The number of benzene rings is 1. The highest BCUT2D eigenvalue weighted by atomic mass is 19.1. The fourth-order valence-corrected chi connectivity index (χ4v) is 2.78. The second-order valence-corrected chi connectivity index (χ2v) is 6.52. The summed E-state index contributed by atoms with van der Waals surface area (Å²) in [5.41, 5.74) is -0.562. The van der Waals surface area contributed by atoms with Crippen molar-refractivity contribution in [1.29, 1.82) is 0 Å². The van der Waals surface area contributed by atoms with Crippen LogP contribution in [-0.4, -0.2) is 24.5 Å². The SMILES string of the molecule is CC(C)(C)NC(=O)C1(c2ccccc2F)CCNCC1. The van der Waals surface area contributed by atoms with Crippen LogP contribution in [0.5, 0.6) is 0 Å². The van der Waals surface area contributed by atoms with E-state index < -0.39 is 5.41 Å². The third-order valence-electron chi connectivity index (χ3n) is 3.77. The largest absolute Gasteiger partial charge is 0.351 e. The highest BCUT2D eigenvalue weighted by Gasteiger charge is 2.43. The van der Waals surface area contributed by atoms with E-state index in [9.17, 15) is 9.18 Å². The molecule has 2 N–H and O–H groups in total. The molecule has 2 rings (SSSR count). The number of nitrogens with one attached hydrogen (secondary N) is 2. The van der Waals surface area contributed by atoms with Crippen molar-refractivity contribution >= 4 is 5.91 Å². The summed E-state index contributed by atoms with van der Waals surface area (Å²) in [5.74, 6) is -0.366. The van der Waals surface area contributed by atoms with E-state index in [1.807, 2.05) is 20.8 Å². The maximum atomic E-state index is 14.2. The van der Waals surface area contributed by atoms with E-state index in [4.69, 9.17) is 0 Å². The Morgan fingerprint density at radius 2 is 1.85 bits per heavy atom. The highest BCUT2D eigenvalue weighted by Crippen LogP contribution is 2.35. The Morgan fingerprint density at radius 1 is 1.25 bits per heavy atom. The maximum Gasteiger partial charge on any atom is 0.231 e. The van der Waals surface area contributed by atoms with Gasteiger partial charge in [0.25, 0.3) is 0 Å². The molecule has 0 atom stereocenters. The van der Waals surface area contributed by atoms with E-state index in [0.717, 1.165) is 13.1 Å². The molecule has 1 aliphatic heterocycles. The number of carbonyl (C=O) groups is 1. The maximum absolute atomic E-state index is 14.2. The third kappa shape index (κ3) is 3.01. The molecule has 0 saturated carbocycles. The summed E-state index contributed by atoms with van der Waals surface area (Å²) >= 11 is 0. The van der Waals surface area contributed by atoms with Crippen molar-refractivity contribution in [3.63, 3.8) is 0 Å². The molecule has 110 valence electrons. The van der Waals surface area contributed by atoms with Gasteiger partial charge < -0.3 is 10.6 Å². The zero-order chi connectivity index (χ0) is 14.8. The van der Waals surface area contributed by atoms with Crippen LogP contribution < -0.4 is 10.6 Å². The molecule has 20 heavy (non-hydrogen) atoms. The van der Waals surface area contributed by atoms with Crippen LogP contribution in [0.3, 0.4) is 0 Å². The molecule has 1 heterocycles. The molecule has 1 aromatic carbocycles. The number of hydrogen-bond donors (Lipinski definition) is 2. The van der Waals surface area contributed by atoms with Crippen molar-refractivity contribution in [2.45, 2.75) is 44.6 Å². The average molecular weight is 278 g/mol. The van der Waals surface area contributed by atoms with Crippen LogP contribution in [0.4, 0.5) is 4.39 Å². The number of halogens is 1. The minimum atomic E-state index is -0.760. The van der Waals surface area contributed by atoms with Gasteiger partial charge >= 0.3 is 0 Å². The van der Waals surface area contributed by atoms with Crippen LogP contribution >= 0.6 is 0 Å². The van der Waals surface area contributed by atoms with Gasteiger partial charge in [-0.15, -0.1) is 0 Å². The van der Waals surface area contributed by atoms with E-state index in [1.54, 1.807) is 18.2 Å². The molecule has 0 aliphatic carbocycles. The number of piperidine rings is 1. The Labute approximate surface area is 120 Å². The van der Waals surface area contributed by atoms with Gasteiger partial charge in [0.05, 0.1) is 5.41 Å². The molecule has 0 unspecified atom stereocenters. The smallest absolute Gasteiger partial charge is 0.231 e. The second kappa shape index (κ2) is 5.52. The second-order valence-electron chi connectivity index (χ2n) is 6.52. The molecule has 1 fully saturated rings. The molecular weight excluding hydrogens is 255 g/mol. The standard InChI is InChI=1S/C16H23FN2O/c1-15(2,3)19-14(20)16(8-10-18-11-9-16)12-6-4-5-7-13(12)17/h4-7,18H,8-11H2,1-3H3,(H,19,20). The lowest BCUT2D eigenvalue weighted by atomic mass is 9.71. The fourth-order valence-electron chi connectivity index (χ4n) is 2.78. The van der Waals surface area contributed by atoms with E-state index >= 15 is 0 Å². The van der Waals surface area contributed by atoms with E-state index in [-0.39, 0.29) is 17.3 Å². The predicted octanol–water partition coefficient (Wildman–Crippen LogP) is 2.36. The van der Waals surface area contributed by atoms with E-state index in [2.05, 4.69) is 10.6 Å². The van der Waals surface area contributed by atoms with Crippen LogP contribution in [0.2, 0.25) is 0 Å². The summed E-state index contributed by atoms with van der Waals surface area (Å²) in [6.07, 6.45) is 1.24. The minimum Gasteiger partial charge on any atom is -0.351 e. The molecule has 4 heteroatoms. The molecule has 3 nitrogen and oxygen atoms in total. The Balaban J connectivity index is 2.41. The predicted molar refractivity (Wildman–Crippen MR) is 78.1 cm³/mol. The summed E-state index contributed by atoms with van der Waals surface area (Å²) in [4.78, 5) is 12.8. The van der Waals surface area contributed by atoms with E-state index in [0.29, 0.717) is 18.4 Å². The Bertz CT molecular complexity index is 487. The lowest BCUT2D eigenvalue weighted by molar-refractivity contribution is -0.129. The molecule has 0 aromatic heterocycles. The normalized spacial score (nSPS) is 18.6. The number of carbonyl (C=O) groups excluding carboxylic acids is 1. The van der Waals surface area contributed by atoms with Crippen LogP contribution in [0.25, 0.3) is 0 Å². The number of amides is 1. The van der Waals surface area contributed by atoms with Gasteiger partial charge in [-0.25, -0.2) is 4.39 Å². The molecule has 0 radical (unpaired) electrons. The molecular formula is C16H23FN2O. The zero-order valence-electron chi connectivity index (χ0n) is 12.4. The van der Waals surface area contributed by atoms with Crippen LogP contribution in [0.1, 0.15) is 39.2 Å². The van der Waals surface area contributed by atoms with Crippen molar-refractivity contribution in [3.05, 3.63) is 35.6 Å². The monoisotopic (exact) mass is 278 g/mol. The summed E-state index contributed by atoms with van der Waals surface area (Å²) in [7, 11) is 0. The van der Waals surface area contributed by atoms with Gasteiger partial charge in [0.1, 0.15) is 5.82 Å². The van der Waals surface area contributed by atoms with Crippen molar-refractivity contribution in [2.24, 2.45) is 0 Å². The Morgan fingerprint density at radius 3 is 2.40 bits per heavy atom. The Kier molecular flexibility index (Phi) is 4.14. The summed E-state index contributed by atoms with van der Waals surface area (Å²) < 4.78 is 14.2. The van der Waals surface area contributed by atoms with Gasteiger partial charge in [-0.3, -0.25) is 4.79 Å². The summed E-state index contributed by atoms with van der Waals surface area (Å²) in [5, 5.41) is 6.27.